The summed E-state index contributed by atoms with van der Waals surface area (Å²) in [7, 11) is 0. The third kappa shape index (κ3) is 7.29. The first-order valence-corrected chi connectivity index (χ1v) is 9.33. The van der Waals surface area contributed by atoms with E-state index in [1.807, 2.05) is 48.5 Å². The number of rotatable bonds is 7. The van der Waals surface area contributed by atoms with E-state index in [2.05, 4.69) is 20.4 Å². The van der Waals surface area contributed by atoms with E-state index in [1.54, 1.807) is 0 Å². The summed E-state index contributed by atoms with van der Waals surface area (Å²) in [5.41, 5.74) is 25.1. The lowest BCUT2D eigenvalue weighted by molar-refractivity contribution is 0.287. The highest BCUT2D eigenvalue weighted by Crippen LogP contribution is 2.36. The van der Waals surface area contributed by atoms with E-state index in [4.69, 9.17) is 32.4 Å². The van der Waals surface area contributed by atoms with Crippen LogP contribution in [0.4, 0.5) is 0 Å². The largest absolute Gasteiger partial charge is 0.480 e. The van der Waals surface area contributed by atoms with E-state index in [-0.39, 0.29) is 73.8 Å². The van der Waals surface area contributed by atoms with Gasteiger partial charge in [-0.15, -0.1) is 59.8 Å². The molecule has 186 valence electrons. The smallest absolute Gasteiger partial charge is 0.211 e. The maximum Gasteiger partial charge on any atom is 0.211 e. The lowest BCUT2D eigenvalue weighted by Crippen LogP contribution is -2.24. The summed E-state index contributed by atoms with van der Waals surface area (Å²) in [6, 6.07) is 15.4. The van der Waals surface area contributed by atoms with Crippen molar-refractivity contribution in [3.63, 3.8) is 0 Å². The number of fused-ring (bicyclic) bond motifs is 4. The van der Waals surface area contributed by atoms with Crippen molar-refractivity contribution < 1.29 is 9.47 Å². The Labute approximate surface area is 221 Å². The molecule has 14 heteroatoms. The molecule has 2 aromatic carbocycles. The van der Waals surface area contributed by atoms with Crippen LogP contribution in [-0.2, 0) is 0 Å². The van der Waals surface area contributed by atoms with Crippen molar-refractivity contribution in [2.45, 2.75) is 25.0 Å². The monoisotopic (exact) mass is 550 g/mol. The van der Waals surface area contributed by atoms with Gasteiger partial charge in [-0.05, 0) is 37.1 Å². The first-order chi connectivity index (χ1) is 14.5. The van der Waals surface area contributed by atoms with Gasteiger partial charge in [-0.2, -0.15) is 10.2 Å². The average molecular weight is 552 g/mol. The average Bonchev–Trinajstić information content (AvgIpc) is 3.17. The first-order valence-electron chi connectivity index (χ1n) is 9.33. The van der Waals surface area contributed by atoms with Crippen LogP contribution in [0.1, 0.15) is 36.2 Å². The Kier molecular flexibility index (Phi) is 12.5. The van der Waals surface area contributed by atoms with Gasteiger partial charge in [0.05, 0.1) is 11.4 Å². The molecule has 0 fully saturated rings. The van der Waals surface area contributed by atoms with Crippen molar-refractivity contribution in [1.82, 2.24) is 0 Å². The molecule has 2 aliphatic rings. The molecule has 10 nitrogen and oxygen atoms in total. The van der Waals surface area contributed by atoms with Gasteiger partial charge < -0.3 is 32.4 Å². The van der Waals surface area contributed by atoms with Crippen LogP contribution < -0.4 is 32.4 Å². The molecule has 4 bridgehead atoms. The van der Waals surface area contributed by atoms with Gasteiger partial charge >= 0.3 is 0 Å². The summed E-state index contributed by atoms with van der Waals surface area (Å²) in [4.78, 5) is 0. The summed E-state index contributed by atoms with van der Waals surface area (Å²) < 4.78 is 11.9. The highest BCUT2D eigenvalue weighted by atomic mass is 35.5. The Balaban J connectivity index is 0.00000272. The van der Waals surface area contributed by atoms with Gasteiger partial charge in [-0.25, -0.2) is 0 Å². The minimum atomic E-state index is -0.382. The standard InChI is InChI=1S/C20H22N8O2.4ClH/c21-19(22)27-25-15(17-11-3-1-5-13(9-11)29-17)7-8-16(26-28-20(23)24)18-12-4-2-6-14(10-12)30-18;;;;/h1-6,9-10,17-18H,7-8H2,(H4,21,22,27)(H4,23,24,28);4*1H. The Morgan fingerprint density at radius 1 is 0.618 bits per heavy atom. The second-order valence-corrected chi connectivity index (χ2v) is 6.87. The van der Waals surface area contributed by atoms with Crippen molar-refractivity contribution >= 4 is 73.0 Å². The van der Waals surface area contributed by atoms with Crippen molar-refractivity contribution in [3.8, 4) is 11.5 Å². The number of benzene rings is 2. The van der Waals surface area contributed by atoms with Gasteiger partial charge in [0.1, 0.15) is 11.5 Å². The molecule has 0 aromatic heterocycles. The number of ether oxygens (including phenoxy) is 2. The van der Waals surface area contributed by atoms with Crippen molar-refractivity contribution in [2.75, 3.05) is 0 Å². The number of nitrogens with two attached hydrogens (primary N) is 4. The Bertz CT molecular complexity index is 1000. The van der Waals surface area contributed by atoms with Gasteiger partial charge in [0.2, 0.25) is 11.9 Å². The van der Waals surface area contributed by atoms with E-state index >= 15 is 0 Å². The third-order valence-electron chi connectivity index (χ3n) is 4.66. The topological polar surface area (TPSA) is 172 Å². The van der Waals surface area contributed by atoms with Crippen molar-refractivity contribution in [1.29, 1.82) is 0 Å². The van der Waals surface area contributed by atoms with E-state index in [9.17, 15) is 0 Å². The molecular weight excluding hydrogens is 526 g/mol. The zero-order chi connectivity index (χ0) is 21.1. The fourth-order valence-electron chi connectivity index (χ4n) is 3.40. The SMILES string of the molecule is Cl.Cl.Cl.Cl.NC(N)=NN=C(CCC(=NN=C(N)N)C1Oc2cccc1c2)C1Oc2cccc1c2. The van der Waals surface area contributed by atoms with Crippen LogP contribution >= 0.6 is 49.6 Å². The molecule has 34 heavy (non-hydrogen) atoms. The van der Waals surface area contributed by atoms with Gasteiger partial charge in [0.25, 0.3) is 0 Å². The van der Waals surface area contributed by atoms with Gasteiger partial charge in [0, 0.05) is 11.1 Å². The number of halogens is 4. The minimum Gasteiger partial charge on any atom is -0.480 e. The second kappa shape index (κ2) is 13.7. The minimum absolute atomic E-state index is 0. The zero-order valence-electron chi connectivity index (χ0n) is 17.7. The molecule has 0 amide bonds. The van der Waals surface area contributed by atoms with Crippen LogP contribution in [0.5, 0.6) is 11.5 Å². The summed E-state index contributed by atoms with van der Waals surface area (Å²) in [5.74, 6) is 1.25. The van der Waals surface area contributed by atoms with Crippen molar-refractivity contribution in [2.24, 2.45) is 43.3 Å². The van der Waals surface area contributed by atoms with Crippen LogP contribution in [0.25, 0.3) is 0 Å². The zero-order valence-corrected chi connectivity index (χ0v) is 21.0. The van der Waals surface area contributed by atoms with E-state index in [0.717, 1.165) is 22.6 Å². The first kappa shape index (κ1) is 31.1. The quantitative estimate of drug-likeness (QED) is 0.234. The molecule has 4 rings (SSSR count). The predicted molar refractivity (Wildman–Crippen MR) is 144 cm³/mol. The number of hydrogen-bond donors (Lipinski definition) is 4. The van der Waals surface area contributed by atoms with E-state index in [1.165, 1.54) is 0 Å². The molecule has 8 N–H and O–H groups in total. The summed E-state index contributed by atoms with van der Waals surface area (Å²) in [6.07, 6.45) is 0.143. The summed E-state index contributed by atoms with van der Waals surface area (Å²) in [6.45, 7) is 0. The van der Waals surface area contributed by atoms with Gasteiger partial charge in [0.15, 0.2) is 12.2 Å². The lowest BCUT2D eigenvalue weighted by atomic mass is 9.98. The molecule has 2 unspecified atom stereocenters. The summed E-state index contributed by atoms with van der Waals surface area (Å²) >= 11 is 0. The molecule has 2 atom stereocenters. The number of guanidine groups is 2. The Morgan fingerprint density at radius 3 is 1.32 bits per heavy atom. The molecule has 0 radical (unpaired) electrons. The molecule has 2 aliphatic heterocycles. The predicted octanol–water partition coefficient (Wildman–Crippen LogP) is 2.98. The normalized spacial score (nSPS) is 16.8. The molecule has 0 spiro atoms. The van der Waals surface area contributed by atoms with Crippen LogP contribution in [0.3, 0.4) is 0 Å². The van der Waals surface area contributed by atoms with Gasteiger partial charge in [-0.1, -0.05) is 24.3 Å². The third-order valence-corrected chi connectivity index (χ3v) is 4.66. The molecular formula is C20H26Cl4N8O2. The Hall–Kier alpha value is -2.92. The summed E-state index contributed by atoms with van der Waals surface area (Å²) in [5, 5.41) is 16.1. The number of nitrogens with zero attached hydrogens (tertiary/aromatic N) is 4. The van der Waals surface area contributed by atoms with Crippen LogP contribution in [0, 0.1) is 0 Å². The Morgan fingerprint density at radius 2 is 1.00 bits per heavy atom. The van der Waals surface area contributed by atoms with Crippen LogP contribution in [0.15, 0.2) is 68.9 Å². The molecule has 2 aromatic rings. The van der Waals surface area contributed by atoms with Crippen LogP contribution in [-0.4, -0.2) is 23.3 Å². The highest BCUT2D eigenvalue weighted by Gasteiger charge is 2.30. The second-order valence-electron chi connectivity index (χ2n) is 6.87. The number of hydrogen-bond acceptors (Lipinski definition) is 6. The fraction of sp³-hybridized carbons (Fsp3) is 0.200. The maximum atomic E-state index is 5.96. The van der Waals surface area contributed by atoms with E-state index < -0.39 is 0 Å². The highest BCUT2D eigenvalue weighted by molar-refractivity contribution is 5.98. The maximum absolute atomic E-state index is 5.96. The van der Waals surface area contributed by atoms with Crippen LogP contribution in [0.2, 0.25) is 0 Å². The molecule has 0 aliphatic carbocycles. The van der Waals surface area contributed by atoms with E-state index in [0.29, 0.717) is 24.3 Å². The molecule has 0 saturated carbocycles. The fourth-order valence-corrected chi connectivity index (χ4v) is 3.40. The van der Waals surface area contributed by atoms with Crippen molar-refractivity contribution in [3.05, 3.63) is 59.7 Å². The van der Waals surface area contributed by atoms with Gasteiger partial charge in [-0.3, -0.25) is 0 Å². The molecule has 2 heterocycles. The molecule has 0 saturated heterocycles. The lowest BCUT2D eigenvalue weighted by Gasteiger charge is -2.17.